The molecule has 1 fully saturated rings. The Bertz CT molecular complexity index is 1010. The maximum absolute atomic E-state index is 12.9. The number of hydrogen-bond donors (Lipinski definition) is 0. The Balaban J connectivity index is 1.33. The average Bonchev–Trinajstić information content (AvgIpc) is 3.25. The Morgan fingerprint density at radius 1 is 1.23 bits per heavy atom. The highest BCUT2D eigenvalue weighted by atomic mass is 35.5. The van der Waals surface area contributed by atoms with Crippen molar-refractivity contribution in [3.8, 4) is 0 Å². The number of aromatic nitrogens is 2. The van der Waals surface area contributed by atoms with Crippen LogP contribution in [0, 0.1) is 0 Å². The summed E-state index contributed by atoms with van der Waals surface area (Å²) in [5.41, 5.74) is 1.98. The molecule has 1 unspecified atom stereocenters. The topological polar surface area (TPSA) is 62.5 Å². The molecule has 3 heterocycles. The number of rotatable bonds is 7. The van der Waals surface area contributed by atoms with Crippen LogP contribution >= 0.6 is 11.6 Å². The van der Waals surface area contributed by atoms with Crippen molar-refractivity contribution in [2.75, 3.05) is 26.7 Å². The number of carbonyl (C=O) groups is 1. The first kappa shape index (κ1) is 21.5. The number of carbonyl (C=O) groups excluding carboxylic acids is 1. The first-order valence-corrected chi connectivity index (χ1v) is 11.0. The quantitative estimate of drug-likeness (QED) is 0.554. The van der Waals surface area contributed by atoms with Crippen LogP contribution in [0.2, 0.25) is 5.02 Å². The first-order chi connectivity index (χ1) is 15.1. The molecule has 1 saturated heterocycles. The predicted molar refractivity (Wildman–Crippen MR) is 120 cm³/mol. The Labute approximate surface area is 187 Å². The van der Waals surface area contributed by atoms with E-state index in [0.717, 1.165) is 41.4 Å². The maximum Gasteiger partial charge on any atom is 0.236 e. The van der Waals surface area contributed by atoms with Gasteiger partial charge in [0, 0.05) is 37.3 Å². The first-order valence-electron chi connectivity index (χ1n) is 10.6. The van der Waals surface area contributed by atoms with E-state index >= 15 is 0 Å². The third kappa shape index (κ3) is 5.71. The fourth-order valence-corrected chi connectivity index (χ4v) is 4.19. The fraction of sp³-hybridized carbons (Fsp3) is 0.375. The van der Waals surface area contributed by atoms with E-state index in [-0.39, 0.29) is 11.8 Å². The van der Waals surface area contributed by atoms with Gasteiger partial charge in [0.25, 0.3) is 0 Å². The van der Waals surface area contributed by atoms with Crippen LogP contribution in [-0.4, -0.2) is 52.4 Å². The molecule has 0 aliphatic carbocycles. The van der Waals surface area contributed by atoms with Gasteiger partial charge in [-0.2, -0.15) is 0 Å². The monoisotopic (exact) mass is 438 g/mol. The van der Waals surface area contributed by atoms with Crippen LogP contribution in [0.25, 0.3) is 0 Å². The number of halogens is 1. The Kier molecular flexibility index (Phi) is 6.99. The SMILES string of the molecule is CN(CC(=O)N1CCCC(c2ncc(Cc3ccccc3Cl)o2)C1)Cc1ccccn1. The lowest BCUT2D eigenvalue weighted by atomic mass is 9.98. The molecule has 1 aliphatic heterocycles. The molecule has 1 aliphatic rings. The lowest BCUT2D eigenvalue weighted by Crippen LogP contribution is -2.43. The molecule has 1 amide bonds. The van der Waals surface area contributed by atoms with E-state index < -0.39 is 0 Å². The molecule has 1 aromatic carbocycles. The summed E-state index contributed by atoms with van der Waals surface area (Å²) in [4.78, 5) is 25.6. The molecule has 6 nitrogen and oxygen atoms in total. The zero-order valence-corrected chi connectivity index (χ0v) is 18.5. The van der Waals surface area contributed by atoms with Crippen molar-refractivity contribution in [3.63, 3.8) is 0 Å². The van der Waals surface area contributed by atoms with Crippen LogP contribution in [0.5, 0.6) is 0 Å². The van der Waals surface area contributed by atoms with Gasteiger partial charge in [-0.15, -0.1) is 0 Å². The molecule has 7 heteroatoms. The molecular formula is C24H27ClN4O2. The summed E-state index contributed by atoms with van der Waals surface area (Å²) < 4.78 is 6.04. The van der Waals surface area contributed by atoms with E-state index in [9.17, 15) is 4.79 Å². The van der Waals surface area contributed by atoms with Crippen LogP contribution in [0.15, 0.2) is 59.3 Å². The summed E-state index contributed by atoms with van der Waals surface area (Å²) in [7, 11) is 1.95. The summed E-state index contributed by atoms with van der Waals surface area (Å²) in [5, 5.41) is 0.727. The largest absolute Gasteiger partial charge is 0.445 e. The van der Waals surface area contributed by atoms with Crippen molar-refractivity contribution in [2.24, 2.45) is 0 Å². The van der Waals surface area contributed by atoms with E-state index in [2.05, 4.69) is 9.97 Å². The number of pyridine rings is 1. The van der Waals surface area contributed by atoms with Crippen LogP contribution in [0.1, 0.15) is 41.7 Å². The second-order valence-electron chi connectivity index (χ2n) is 8.11. The van der Waals surface area contributed by atoms with Gasteiger partial charge in [0.2, 0.25) is 5.91 Å². The highest BCUT2D eigenvalue weighted by Gasteiger charge is 2.28. The summed E-state index contributed by atoms with van der Waals surface area (Å²) in [6.45, 7) is 2.43. The number of oxazole rings is 1. The van der Waals surface area contributed by atoms with Gasteiger partial charge in [-0.05, 0) is 43.7 Å². The summed E-state index contributed by atoms with van der Waals surface area (Å²) in [5.74, 6) is 1.76. The molecule has 0 bridgehead atoms. The van der Waals surface area contributed by atoms with E-state index in [4.69, 9.17) is 16.0 Å². The van der Waals surface area contributed by atoms with Crippen molar-refractivity contribution in [1.82, 2.24) is 19.8 Å². The molecule has 0 N–H and O–H groups in total. The van der Waals surface area contributed by atoms with Gasteiger partial charge in [-0.25, -0.2) is 4.98 Å². The smallest absolute Gasteiger partial charge is 0.236 e. The Morgan fingerprint density at radius 2 is 2.06 bits per heavy atom. The lowest BCUT2D eigenvalue weighted by Gasteiger charge is -2.32. The molecule has 0 spiro atoms. The van der Waals surface area contributed by atoms with E-state index in [1.165, 1.54) is 0 Å². The van der Waals surface area contributed by atoms with Gasteiger partial charge >= 0.3 is 0 Å². The van der Waals surface area contributed by atoms with Crippen molar-refractivity contribution in [3.05, 3.63) is 82.8 Å². The number of amides is 1. The minimum atomic E-state index is 0.124. The molecule has 1 atom stereocenters. The molecule has 0 saturated carbocycles. The molecule has 4 rings (SSSR count). The number of likely N-dealkylation sites (tertiary alicyclic amines) is 1. The minimum Gasteiger partial charge on any atom is -0.445 e. The van der Waals surface area contributed by atoms with Gasteiger partial charge in [0.1, 0.15) is 5.76 Å². The molecule has 31 heavy (non-hydrogen) atoms. The van der Waals surface area contributed by atoms with Gasteiger partial charge in [-0.3, -0.25) is 14.7 Å². The van der Waals surface area contributed by atoms with Crippen molar-refractivity contribution in [2.45, 2.75) is 31.7 Å². The highest BCUT2D eigenvalue weighted by molar-refractivity contribution is 6.31. The van der Waals surface area contributed by atoms with E-state index in [1.54, 1.807) is 12.4 Å². The molecular weight excluding hydrogens is 412 g/mol. The van der Waals surface area contributed by atoms with E-state index in [1.807, 2.05) is 59.3 Å². The van der Waals surface area contributed by atoms with Crippen molar-refractivity contribution in [1.29, 1.82) is 0 Å². The second kappa shape index (κ2) is 10.1. The molecule has 2 aromatic heterocycles. The molecule has 3 aromatic rings. The second-order valence-corrected chi connectivity index (χ2v) is 8.51. The number of likely N-dealkylation sites (N-methyl/N-ethyl adjacent to an activating group) is 1. The maximum atomic E-state index is 12.9. The number of hydrogen-bond acceptors (Lipinski definition) is 5. The summed E-state index contributed by atoms with van der Waals surface area (Å²) in [6, 6.07) is 13.6. The van der Waals surface area contributed by atoms with Crippen LogP contribution in [0.3, 0.4) is 0 Å². The van der Waals surface area contributed by atoms with Crippen LogP contribution in [-0.2, 0) is 17.8 Å². The lowest BCUT2D eigenvalue weighted by molar-refractivity contribution is -0.133. The average molecular weight is 439 g/mol. The zero-order chi connectivity index (χ0) is 21.6. The van der Waals surface area contributed by atoms with Crippen molar-refractivity contribution < 1.29 is 9.21 Å². The third-order valence-electron chi connectivity index (χ3n) is 5.58. The van der Waals surface area contributed by atoms with E-state index in [0.29, 0.717) is 31.9 Å². The Hall–Kier alpha value is -2.70. The third-order valence-corrected chi connectivity index (χ3v) is 5.95. The normalized spacial score (nSPS) is 16.6. The minimum absolute atomic E-state index is 0.124. The fourth-order valence-electron chi connectivity index (χ4n) is 3.98. The van der Waals surface area contributed by atoms with Crippen LogP contribution in [0.4, 0.5) is 0 Å². The number of nitrogens with zero attached hydrogens (tertiary/aromatic N) is 4. The highest BCUT2D eigenvalue weighted by Crippen LogP contribution is 2.28. The van der Waals surface area contributed by atoms with Gasteiger partial charge in [0.15, 0.2) is 5.89 Å². The van der Waals surface area contributed by atoms with Gasteiger partial charge in [0.05, 0.1) is 24.4 Å². The van der Waals surface area contributed by atoms with Gasteiger partial charge in [-0.1, -0.05) is 35.9 Å². The summed E-state index contributed by atoms with van der Waals surface area (Å²) in [6.07, 6.45) is 6.08. The van der Waals surface area contributed by atoms with Crippen molar-refractivity contribution >= 4 is 17.5 Å². The van der Waals surface area contributed by atoms with Crippen LogP contribution < -0.4 is 0 Å². The molecule has 162 valence electrons. The number of piperidine rings is 1. The predicted octanol–water partition coefficient (Wildman–Crippen LogP) is 4.15. The van der Waals surface area contributed by atoms with Gasteiger partial charge < -0.3 is 9.32 Å². The standard InChI is InChI=1S/C24H27ClN4O2/c1-28(16-20-9-4-5-11-26-20)17-23(30)29-12-6-8-19(15-29)24-27-14-21(31-24)13-18-7-2-3-10-22(18)25/h2-5,7,9-11,14,19H,6,8,12-13,15-17H2,1H3. The zero-order valence-electron chi connectivity index (χ0n) is 17.7. The number of benzene rings is 1. The molecule has 0 radical (unpaired) electrons. The Morgan fingerprint density at radius 3 is 2.87 bits per heavy atom. The summed E-state index contributed by atoms with van der Waals surface area (Å²) >= 11 is 6.26.